The lowest BCUT2D eigenvalue weighted by Gasteiger charge is -2.47. The van der Waals surface area contributed by atoms with Crippen molar-refractivity contribution in [3.8, 4) is 0 Å². The van der Waals surface area contributed by atoms with Crippen molar-refractivity contribution in [1.82, 2.24) is 9.62 Å². The van der Waals surface area contributed by atoms with Gasteiger partial charge in [-0.25, -0.2) is 13.1 Å². The number of likely N-dealkylation sites (tertiary alicyclic amines) is 1. The van der Waals surface area contributed by atoms with Gasteiger partial charge in [0, 0.05) is 24.2 Å². The summed E-state index contributed by atoms with van der Waals surface area (Å²) in [6, 6.07) is 14.6. The molecule has 1 aromatic heterocycles. The van der Waals surface area contributed by atoms with Crippen LogP contribution in [0.15, 0.2) is 42.5 Å². The van der Waals surface area contributed by atoms with Crippen LogP contribution in [0.3, 0.4) is 0 Å². The van der Waals surface area contributed by atoms with Crippen molar-refractivity contribution in [3.05, 3.63) is 64.4 Å². The monoisotopic (exact) mass is 586 g/mol. The summed E-state index contributed by atoms with van der Waals surface area (Å²) in [6.45, 7) is 2.40. The molecule has 5 atom stereocenters. The van der Waals surface area contributed by atoms with Gasteiger partial charge in [-0.05, 0) is 73.6 Å². The highest BCUT2D eigenvalue weighted by Crippen LogP contribution is 2.48. The number of H-pyrrole nitrogens is 1. The quantitative estimate of drug-likeness (QED) is 0.526. The molecule has 0 bridgehead atoms. The van der Waals surface area contributed by atoms with Crippen LogP contribution >= 0.6 is 11.6 Å². The van der Waals surface area contributed by atoms with E-state index in [4.69, 9.17) is 11.6 Å². The lowest BCUT2D eigenvalue weighted by atomic mass is 9.64. The maximum Gasteiger partial charge on any atom is 0.273 e. The molecule has 216 valence electrons. The second-order valence-corrected chi connectivity index (χ2v) is 14.9. The number of halogens is 1. The van der Waals surface area contributed by atoms with Crippen LogP contribution in [0.25, 0.3) is 0 Å². The zero-order valence-electron chi connectivity index (χ0n) is 23.4. The first-order valence-electron chi connectivity index (χ1n) is 15.1. The molecular formula is C31H43ClN4O3S+2. The first-order valence-corrected chi connectivity index (χ1v) is 17.4. The summed E-state index contributed by atoms with van der Waals surface area (Å²) in [4.78, 5) is 20.3. The summed E-state index contributed by atoms with van der Waals surface area (Å²) >= 11 is 6.38. The van der Waals surface area contributed by atoms with Gasteiger partial charge in [0.2, 0.25) is 21.6 Å². The number of fused-ring (bicyclic) bond motifs is 2. The van der Waals surface area contributed by atoms with E-state index < -0.39 is 10.0 Å². The molecule has 3 heterocycles. The number of sulfonamides is 1. The largest absolute Gasteiger partial charge is 0.345 e. The molecule has 1 spiro atoms. The number of aromatic amines is 1. The van der Waals surface area contributed by atoms with Crippen LogP contribution in [0.5, 0.6) is 0 Å². The molecule has 0 radical (unpaired) electrons. The van der Waals surface area contributed by atoms with Gasteiger partial charge < -0.3 is 10.2 Å². The first kappa shape index (κ1) is 28.1. The topological polar surface area (TPSA) is 97.2 Å². The number of carbonyl (C=O) groups excluding carboxylic acids is 1. The minimum absolute atomic E-state index is 0.139. The molecule has 2 aliphatic carbocycles. The second-order valence-electron chi connectivity index (χ2n) is 12.7. The SMILES string of the molecule is CS(=O)(=O)NC1CC[C@]2(C[NH2+]CC2C(=O)N2CC[C@@H](c3ccccc3)C[C@H]2C2CCCCC2)c2ccc(Cl)[nH+]c21. The summed E-state index contributed by atoms with van der Waals surface area (Å²) in [6.07, 6.45) is 10.9. The number of nitrogens with zero attached hydrogens (tertiary/aromatic N) is 1. The smallest absolute Gasteiger partial charge is 0.273 e. The average Bonchev–Trinajstić information content (AvgIpc) is 3.38. The van der Waals surface area contributed by atoms with Crippen LogP contribution in [0.4, 0.5) is 0 Å². The number of amides is 1. The Balaban J connectivity index is 1.32. The lowest BCUT2D eigenvalue weighted by Crippen LogP contribution is -2.82. The van der Waals surface area contributed by atoms with Crippen molar-refractivity contribution < 1.29 is 23.5 Å². The van der Waals surface area contributed by atoms with E-state index in [0.29, 0.717) is 29.3 Å². The third kappa shape index (κ3) is 5.44. The number of rotatable bonds is 5. The number of piperidine rings is 1. The summed E-state index contributed by atoms with van der Waals surface area (Å²) in [5.74, 6) is 1.22. The highest BCUT2D eigenvalue weighted by Gasteiger charge is 2.58. The highest BCUT2D eigenvalue weighted by molar-refractivity contribution is 7.88. The maximum absolute atomic E-state index is 14.7. The Morgan fingerprint density at radius 2 is 1.85 bits per heavy atom. The van der Waals surface area contributed by atoms with Crippen LogP contribution in [0.2, 0.25) is 5.15 Å². The normalized spacial score (nSPS) is 31.3. The highest BCUT2D eigenvalue weighted by atomic mass is 35.5. The summed E-state index contributed by atoms with van der Waals surface area (Å²) in [7, 11) is -3.41. The standard InChI is InChI=1S/C31H41ClN4O3S/c1-40(38,39)35-26-14-16-31(24-12-13-28(32)34-29(24)26)20-33-19-25(31)30(37)36-17-15-23(21-8-4-2-5-9-21)18-27(36)22-10-6-3-7-11-22/h2,4-5,8-9,12-13,22-23,25-27,33,35H,3,6-7,10-11,14-20H2,1H3/p+2/t23-,25?,26?,27+,31+/m1/s1. The minimum Gasteiger partial charge on any atom is -0.345 e. The van der Waals surface area contributed by atoms with E-state index in [9.17, 15) is 13.2 Å². The number of pyridine rings is 1. The van der Waals surface area contributed by atoms with Gasteiger partial charge in [0.1, 0.15) is 12.0 Å². The van der Waals surface area contributed by atoms with Crippen molar-refractivity contribution >= 4 is 27.5 Å². The second kappa shape index (κ2) is 11.3. The average molecular weight is 587 g/mol. The number of benzene rings is 1. The van der Waals surface area contributed by atoms with Crippen molar-refractivity contribution in [2.24, 2.45) is 11.8 Å². The van der Waals surface area contributed by atoms with Crippen LogP contribution in [-0.2, 0) is 20.2 Å². The first-order chi connectivity index (χ1) is 19.2. The molecule has 9 heteroatoms. The van der Waals surface area contributed by atoms with Gasteiger partial charge in [0.15, 0.2) is 0 Å². The van der Waals surface area contributed by atoms with E-state index in [1.807, 2.05) is 12.1 Å². The molecule has 2 unspecified atom stereocenters. The van der Waals surface area contributed by atoms with Crippen LogP contribution < -0.4 is 15.0 Å². The van der Waals surface area contributed by atoms with Gasteiger partial charge in [0.05, 0.1) is 24.8 Å². The van der Waals surface area contributed by atoms with E-state index in [1.54, 1.807) is 0 Å². The summed E-state index contributed by atoms with van der Waals surface area (Å²) in [5, 5.41) is 2.76. The number of hydrogen-bond donors (Lipinski definition) is 2. The van der Waals surface area contributed by atoms with Crippen molar-refractivity contribution in [3.63, 3.8) is 0 Å². The molecule has 1 saturated carbocycles. The van der Waals surface area contributed by atoms with Crippen LogP contribution in [0, 0.1) is 11.8 Å². The molecular weight excluding hydrogens is 544 g/mol. The summed E-state index contributed by atoms with van der Waals surface area (Å²) in [5.41, 5.74) is 2.92. The zero-order valence-corrected chi connectivity index (χ0v) is 25.0. The van der Waals surface area contributed by atoms with Crippen molar-refractivity contribution in [2.45, 2.75) is 81.2 Å². The van der Waals surface area contributed by atoms with Crippen LogP contribution in [0.1, 0.15) is 86.6 Å². The van der Waals surface area contributed by atoms with Gasteiger partial charge in [-0.2, -0.15) is 4.98 Å². The number of carbonyl (C=O) groups is 1. The fourth-order valence-corrected chi connectivity index (χ4v) is 9.42. The third-order valence-electron chi connectivity index (χ3n) is 10.3. The predicted octanol–water partition coefficient (Wildman–Crippen LogP) is 3.32. The molecule has 1 amide bonds. The lowest BCUT2D eigenvalue weighted by molar-refractivity contribution is -0.640. The number of nitrogens with one attached hydrogen (secondary N) is 2. The molecule has 1 aromatic carbocycles. The van der Waals surface area contributed by atoms with E-state index in [2.05, 4.69) is 50.3 Å². The van der Waals surface area contributed by atoms with E-state index in [0.717, 1.165) is 50.2 Å². The zero-order chi connectivity index (χ0) is 27.9. The van der Waals surface area contributed by atoms with E-state index in [-0.39, 0.29) is 23.4 Å². The van der Waals surface area contributed by atoms with E-state index in [1.165, 1.54) is 43.9 Å². The van der Waals surface area contributed by atoms with Crippen molar-refractivity contribution in [1.29, 1.82) is 0 Å². The number of nitrogens with two attached hydrogens (primary N) is 1. The fraction of sp³-hybridized carbons (Fsp3) is 0.613. The number of quaternary nitrogens is 1. The van der Waals surface area contributed by atoms with E-state index >= 15 is 0 Å². The van der Waals surface area contributed by atoms with Gasteiger partial charge in [-0.1, -0.05) is 49.6 Å². The molecule has 40 heavy (non-hydrogen) atoms. The molecule has 7 nitrogen and oxygen atoms in total. The Hall–Kier alpha value is -2.00. The van der Waals surface area contributed by atoms with Gasteiger partial charge >= 0.3 is 0 Å². The van der Waals surface area contributed by atoms with Crippen LogP contribution in [-0.4, -0.2) is 51.2 Å². The Morgan fingerprint density at radius 3 is 2.60 bits per heavy atom. The molecule has 3 fully saturated rings. The molecule has 4 aliphatic rings. The van der Waals surface area contributed by atoms with Gasteiger partial charge in [-0.3, -0.25) is 4.79 Å². The number of aromatic nitrogens is 1. The Kier molecular flexibility index (Phi) is 7.98. The van der Waals surface area contributed by atoms with Gasteiger partial charge in [-0.15, -0.1) is 0 Å². The molecule has 6 rings (SSSR count). The number of hydrogen-bond acceptors (Lipinski definition) is 3. The Labute approximate surface area is 243 Å². The Bertz CT molecular complexity index is 1330. The van der Waals surface area contributed by atoms with Gasteiger partial charge in [0.25, 0.3) is 5.15 Å². The molecule has 2 saturated heterocycles. The third-order valence-corrected chi connectivity index (χ3v) is 11.3. The van der Waals surface area contributed by atoms with Crippen molar-refractivity contribution in [2.75, 3.05) is 25.9 Å². The molecule has 2 aliphatic heterocycles. The Morgan fingerprint density at radius 1 is 1.07 bits per heavy atom. The summed E-state index contributed by atoms with van der Waals surface area (Å²) < 4.78 is 27.2. The maximum atomic E-state index is 14.7. The molecule has 2 aromatic rings. The fourth-order valence-electron chi connectivity index (χ4n) is 8.50. The minimum atomic E-state index is -3.41. The predicted molar refractivity (Wildman–Crippen MR) is 155 cm³/mol. The molecule has 4 N–H and O–H groups in total.